The molecule has 2 rings (SSSR count). The summed E-state index contributed by atoms with van der Waals surface area (Å²) in [6, 6.07) is 10.3. The Bertz CT molecular complexity index is 680. The summed E-state index contributed by atoms with van der Waals surface area (Å²) in [6.45, 7) is 0.314. The molecule has 0 unspecified atom stereocenters. The van der Waals surface area contributed by atoms with Gasteiger partial charge in [0.05, 0.1) is 3.57 Å². The maximum absolute atomic E-state index is 11.4. The lowest BCUT2D eigenvalue weighted by Gasteiger charge is -2.10. The van der Waals surface area contributed by atoms with E-state index in [-0.39, 0.29) is 5.91 Å². The second-order valence-corrected chi connectivity index (χ2v) is 6.15. The van der Waals surface area contributed by atoms with Gasteiger partial charge in [0.15, 0.2) is 0 Å². The normalized spacial score (nSPS) is 10.3. The van der Waals surface area contributed by atoms with Gasteiger partial charge in [-0.15, -0.1) is 0 Å². The molecule has 7 heteroatoms. The molecule has 1 amide bonds. The van der Waals surface area contributed by atoms with Crippen LogP contribution in [0.4, 0.5) is 0 Å². The molecule has 4 nitrogen and oxygen atoms in total. The monoisotopic (exact) mass is 436 g/mol. The molecule has 0 atom stereocenters. The Morgan fingerprint density at radius 3 is 2.62 bits per heavy atom. The van der Waals surface area contributed by atoms with Crippen LogP contribution in [0.2, 0.25) is 10.0 Å². The summed E-state index contributed by atoms with van der Waals surface area (Å²) < 4.78 is 6.52. The van der Waals surface area contributed by atoms with E-state index in [4.69, 9.17) is 33.8 Å². The lowest BCUT2D eigenvalue weighted by molar-refractivity contribution is 0.0953. The number of nitrogens with two attached hydrogens (primary N) is 1. The van der Waals surface area contributed by atoms with Gasteiger partial charge in [-0.1, -0.05) is 29.3 Å². The molecule has 21 heavy (non-hydrogen) atoms. The summed E-state index contributed by atoms with van der Waals surface area (Å²) in [6.07, 6.45) is 0. The molecular formula is C14H11Cl2IN2O2. The van der Waals surface area contributed by atoms with Crippen molar-refractivity contribution in [3.05, 3.63) is 61.1 Å². The smallest absolute Gasteiger partial charge is 0.265 e. The van der Waals surface area contributed by atoms with Crippen LogP contribution in [0.5, 0.6) is 5.75 Å². The van der Waals surface area contributed by atoms with Crippen LogP contribution in [0.25, 0.3) is 0 Å². The molecule has 0 fully saturated rings. The minimum Gasteiger partial charge on any atom is -0.488 e. The number of amides is 1. The Morgan fingerprint density at radius 2 is 2.00 bits per heavy atom. The van der Waals surface area contributed by atoms with Crippen molar-refractivity contribution in [3.63, 3.8) is 0 Å². The molecule has 0 saturated carbocycles. The minimum absolute atomic E-state index is 0.314. The Hall–Kier alpha value is -1.02. The van der Waals surface area contributed by atoms with E-state index in [0.29, 0.717) is 28.0 Å². The molecule has 0 aliphatic rings. The third-order valence-corrected chi connectivity index (χ3v) is 4.15. The van der Waals surface area contributed by atoms with Gasteiger partial charge in [-0.3, -0.25) is 10.2 Å². The van der Waals surface area contributed by atoms with Crippen LogP contribution in [-0.2, 0) is 6.61 Å². The van der Waals surface area contributed by atoms with Crippen LogP contribution in [0.15, 0.2) is 36.4 Å². The Balaban J connectivity index is 2.11. The van der Waals surface area contributed by atoms with Crippen molar-refractivity contribution in [3.8, 4) is 5.75 Å². The summed E-state index contributed by atoms with van der Waals surface area (Å²) in [4.78, 5) is 11.4. The van der Waals surface area contributed by atoms with Crippen molar-refractivity contribution >= 4 is 51.7 Å². The highest BCUT2D eigenvalue weighted by molar-refractivity contribution is 14.1. The summed E-state index contributed by atoms with van der Waals surface area (Å²) in [5, 5.41) is 1.13. The average Bonchev–Trinajstić information content (AvgIpc) is 2.46. The van der Waals surface area contributed by atoms with E-state index in [1.165, 1.54) is 0 Å². The van der Waals surface area contributed by atoms with Crippen LogP contribution in [0.1, 0.15) is 15.9 Å². The zero-order valence-electron chi connectivity index (χ0n) is 10.7. The van der Waals surface area contributed by atoms with E-state index in [2.05, 4.69) is 28.0 Å². The maximum atomic E-state index is 11.4. The van der Waals surface area contributed by atoms with Gasteiger partial charge < -0.3 is 4.74 Å². The van der Waals surface area contributed by atoms with Gasteiger partial charge in [-0.05, 0) is 52.9 Å². The highest BCUT2D eigenvalue weighted by Crippen LogP contribution is 2.26. The Morgan fingerprint density at radius 1 is 1.24 bits per heavy atom. The van der Waals surface area contributed by atoms with Crippen LogP contribution in [0, 0.1) is 3.57 Å². The van der Waals surface area contributed by atoms with E-state index in [1.54, 1.807) is 30.3 Å². The van der Waals surface area contributed by atoms with Crippen molar-refractivity contribution in [2.24, 2.45) is 5.84 Å². The summed E-state index contributed by atoms with van der Waals surface area (Å²) in [5.41, 5.74) is 3.39. The number of halogens is 3. The molecule has 110 valence electrons. The first-order valence-electron chi connectivity index (χ1n) is 5.88. The summed E-state index contributed by atoms with van der Waals surface area (Å²) in [5.74, 6) is 5.41. The minimum atomic E-state index is -0.347. The highest BCUT2D eigenvalue weighted by atomic mass is 127. The fourth-order valence-electron chi connectivity index (χ4n) is 1.64. The van der Waals surface area contributed by atoms with Crippen molar-refractivity contribution in [1.82, 2.24) is 5.43 Å². The van der Waals surface area contributed by atoms with Gasteiger partial charge in [-0.2, -0.15) is 0 Å². The lowest BCUT2D eigenvalue weighted by Crippen LogP contribution is -2.29. The second kappa shape index (κ2) is 7.31. The van der Waals surface area contributed by atoms with Crippen LogP contribution in [-0.4, -0.2) is 5.91 Å². The standard InChI is InChI=1S/C14H11Cl2IN2O2/c15-10-3-1-9(11(16)6-10)7-21-13-4-2-8(5-12(13)17)14(20)19-18/h1-6H,7,18H2,(H,19,20). The van der Waals surface area contributed by atoms with E-state index in [0.717, 1.165) is 9.13 Å². The molecule has 0 spiro atoms. The number of benzene rings is 2. The van der Waals surface area contributed by atoms with Crippen molar-refractivity contribution in [2.45, 2.75) is 6.61 Å². The number of nitrogens with one attached hydrogen (secondary N) is 1. The van der Waals surface area contributed by atoms with E-state index in [1.807, 2.05) is 6.07 Å². The number of hydrazine groups is 1. The molecule has 2 aromatic rings. The molecule has 2 aromatic carbocycles. The molecule has 0 aliphatic carbocycles. The molecule has 0 saturated heterocycles. The van der Waals surface area contributed by atoms with Crippen molar-refractivity contribution in [2.75, 3.05) is 0 Å². The van der Waals surface area contributed by atoms with E-state index < -0.39 is 0 Å². The van der Waals surface area contributed by atoms with Gasteiger partial charge in [0.25, 0.3) is 5.91 Å². The number of hydrogen-bond donors (Lipinski definition) is 2. The highest BCUT2D eigenvalue weighted by Gasteiger charge is 2.09. The zero-order chi connectivity index (χ0) is 15.4. The Kier molecular flexibility index (Phi) is 5.69. The molecule has 0 aromatic heterocycles. The summed E-state index contributed by atoms with van der Waals surface area (Å²) in [7, 11) is 0. The fourth-order valence-corrected chi connectivity index (χ4v) is 2.77. The average molecular weight is 437 g/mol. The topological polar surface area (TPSA) is 64.3 Å². The zero-order valence-corrected chi connectivity index (χ0v) is 14.4. The first-order valence-corrected chi connectivity index (χ1v) is 7.72. The third kappa shape index (κ3) is 4.23. The molecular weight excluding hydrogens is 426 g/mol. The molecule has 0 heterocycles. The number of carbonyl (C=O) groups excluding carboxylic acids is 1. The second-order valence-electron chi connectivity index (χ2n) is 4.14. The van der Waals surface area contributed by atoms with Gasteiger partial charge in [0, 0.05) is 21.2 Å². The van der Waals surface area contributed by atoms with E-state index >= 15 is 0 Å². The molecule has 0 aliphatic heterocycles. The largest absolute Gasteiger partial charge is 0.488 e. The van der Waals surface area contributed by atoms with Gasteiger partial charge in [0.1, 0.15) is 12.4 Å². The number of rotatable bonds is 4. The summed E-state index contributed by atoms with van der Waals surface area (Å²) >= 11 is 14.0. The number of nitrogen functional groups attached to an aromatic ring is 1. The van der Waals surface area contributed by atoms with E-state index in [9.17, 15) is 4.79 Å². The van der Waals surface area contributed by atoms with Crippen LogP contribution < -0.4 is 16.0 Å². The first-order chi connectivity index (χ1) is 10.0. The quantitative estimate of drug-likeness (QED) is 0.332. The SMILES string of the molecule is NNC(=O)c1ccc(OCc2ccc(Cl)cc2Cl)c(I)c1. The number of carbonyl (C=O) groups is 1. The van der Waals surface area contributed by atoms with Crippen LogP contribution >= 0.6 is 45.8 Å². The predicted molar refractivity (Wildman–Crippen MR) is 91.6 cm³/mol. The number of hydrogen-bond acceptors (Lipinski definition) is 3. The molecule has 0 bridgehead atoms. The lowest BCUT2D eigenvalue weighted by atomic mass is 10.2. The van der Waals surface area contributed by atoms with Crippen LogP contribution in [0.3, 0.4) is 0 Å². The van der Waals surface area contributed by atoms with Crippen molar-refractivity contribution in [1.29, 1.82) is 0 Å². The number of ether oxygens (including phenoxy) is 1. The third-order valence-electron chi connectivity index (χ3n) is 2.72. The maximum Gasteiger partial charge on any atom is 0.265 e. The molecule has 0 radical (unpaired) electrons. The molecule has 3 N–H and O–H groups in total. The Labute approximate surface area is 145 Å². The first kappa shape index (κ1) is 16.4. The van der Waals surface area contributed by atoms with Gasteiger partial charge in [-0.25, -0.2) is 5.84 Å². The fraction of sp³-hybridized carbons (Fsp3) is 0.0714. The van der Waals surface area contributed by atoms with Crippen molar-refractivity contribution < 1.29 is 9.53 Å². The predicted octanol–water partition coefficient (Wildman–Crippen LogP) is 3.78. The van der Waals surface area contributed by atoms with Gasteiger partial charge in [0.2, 0.25) is 0 Å². The van der Waals surface area contributed by atoms with Gasteiger partial charge >= 0.3 is 0 Å².